The molecule has 0 fully saturated rings. The summed E-state index contributed by atoms with van der Waals surface area (Å²) in [6, 6.07) is 13.2. The van der Waals surface area contributed by atoms with Crippen LogP contribution < -0.4 is 0 Å². The molecule has 0 spiro atoms. The van der Waals surface area contributed by atoms with E-state index >= 15 is 0 Å². The van der Waals surface area contributed by atoms with Crippen molar-refractivity contribution in [3.8, 4) is 0 Å². The SMILES string of the molecule is C1=C\CC/C=C\CC/1.CC(C)c1cccc(C(C)C)c1N=C([N-]c1c(C(C)C)cccc1C(C)C)C(C)(C)C.[Rh]. The van der Waals surface area contributed by atoms with Gasteiger partial charge in [-0.3, -0.25) is 0 Å². The number of aliphatic imine (C=N–C) groups is 1. The smallest absolute Gasteiger partial charge is 0 e. The summed E-state index contributed by atoms with van der Waals surface area (Å²) in [6.45, 7) is 24.6. The summed E-state index contributed by atoms with van der Waals surface area (Å²) >= 11 is 0. The molecule has 0 aromatic heterocycles. The van der Waals surface area contributed by atoms with E-state index in [1.165, 1.54) is 47.9 Å². The van der Waals surface area contributed by atoms with E-state index < -0.39 is 0 Å². The number of amidine groups is 1. The summed E-state index contributed by atoms with van der Waals surface area (Å²) in [7, 11) is 0. The molecule has 0 saturated heterocycles. The molecule has 1 aliphatic rings. The molecular weight excluding hydrogens is 575 g/mol. The average Bonchev–Trinajstić information content (AvgIpc) is 2.82. The maximum absolute atomic E-state index is 5.32. The van der Waals surface area contributed by atoms with Crippen LogP contribution in [0.3, 0.4) is 0 Å². The van der Waals surface area contributed by atoms with Crippen LogP contribution in [-0.4, -0.2) is 5.84 Å². The summed E-state index contributed by atoms with van der Waals surface area (Å²) in [6.07, 6.45) is 14.0. The second-order valence-electron chi connectivity index (χ2n) is 13.1. The molecule has 1 aliphatic carbocycles. The molecular formula is C37H55N2Rh-. The van der Waals surface area contributed by atoms with Crippen molar-refractivity contribution < 1.29 is 19.5 Å². The van der Waals surface area contributed by atoms with Crippen LogP contribution in [0, 0.1) is 5.41 Å². The third-order valence-corrected chi connectivity index (χ3v) is 7.12. The van der Waals surface area contributed by atoms with Crippen molar-refractivity contribution in [2.24, 2.45) is 10.4 Å². The van der Waals surface area contributed by atoms with Gasteiger partial charge in [0.05, 0.1) is 0 Å². The molecule has 1 radical (unpaired) electrons. The van der Waals surface area contributed by atoms with Crippen LogP contribution in [0.1, 0.15) is 148 Å². The second kappa shape index (κ2) is 17.1. The minimum Gasteiger partial charge on any atom is -0.439 e. The van der Waals surface area contributed by atoms with Crippen molar-refractivity contribution in [3.63, 3.8) is 0 Å². The predicted molar refractivity (Wildman–Crippen MR) is 176 cm³/mol. The molecule has 0 N–H and O–H groups in total. The summed E-state index contributed by atoms with van der Waals surface area (Å²) < 4.78 is 0. The van der Waals surface area contributed by atoms with E-state index in [1.54, 1.807) is 0 Å². The minimum absolute atomic E-state index is 0. The molecule has 2 aromatic rings. The Morgan fingerprint density at radius 1 is 0.600 bits per heavy atom. The summed E-state index contributed by atoms with van der Waals surface area (Å²) in [5, 5.41) is 5.32. The van der Waals surface area contributed by atoms with Gasteiger partial charge in [-0.2, -0.15) is 0 Å². The summed E-state index contributed by atoms with van der Waals surface area (Å²) in [4.78, 5) is 5.32. The number of nitrogens with zero attached hydrogens (tertiary/aromatic N) is 2. The fourth-order valence-corrected chi connectivity index (χ4v) is 4.71. The van der Waals surface area contributed by atoms with Gasteiger partial charge in [0.2, 0.25) is 0 Å². The largest absolute Gasteiger partial charge is 0.439 e. The summed E-state index contributed by atoms with van der Waals surface area (Å²) in [5.74, 6) is 2.54. The van der Waals surface area contributed by atoms with Gasteiger partial charge in [0.25, 0.3) is 0 Å². The van der Waals surface area contributed by atoms with Crippen molar-refractivity contribution in [2.75, 3.05) is 0 Å². The van der Waals surface area contributed by atoms with Crippen LogP contribution in [0.25, 0.3) is 5.32 Å². The quantitative estimate of drug-likeness (QED) is 0.131. The van der Waals surface area contributed by atoms with Crippen LogP contribution in [0.15, 0.2) is 65.7 Å². The first-order valence-electron chi connectivity index (χ1n) is 15.2. The van der Waals surface area contributed by atoms with Gasteiger partial charge in [0.15, 0.2) is 0 Å². The van der Waals surface area contributed by atoms with E-state index in [0.717, 1.165) is 17.2 Å². The zero-order valence-electron chi connectivity index (χ0n) is 27.1. The third-order valence-electron chi connectivity index (χ3n) is 7.12. The van der Waals surface area contributed by atoms with Gasteiger partial charge in [-0.15, -0.1) is 0 Å². The van der Waals surface area contributed by atoms with Gasteiger partial charge in [-0.05, 0) is 88.4 Å². The molecule has 2 nitrogen and oxygen atoms in total. The standard InChI is InChI=1S/C29H43N2.C8H12.Rh/c1-18(2)22-14-12-15-23(19(3)4)26(22)30-28(29(9,10)11)31-27-24(20(5)6)16-13-17-25(27)21(7)8;1-2-4-6-8-7-5-3-1;/h12-21H,1-11H3;1-2,7-8H,3-6H2;/q-1;;/b;2-1-,8-7-;. The zero-order valence-corrected chi connectivity index (χ0v) is 28.8. The Morgan fingerprint density at radius 2 is 0.925 bits per heavy atom. The van der Waals surface area contributed by atoms with Crippen LogP contribution in [0.5, 0.6) is 0 Å². The maximum Gasteiger partial charge on any atom is 0 e. The minimum atomic E-state index is -0.170. The first-order chi connectivity index (χ1) is 18.3. The maximum atomic E-state index is 5.32. The van der Waals surface area contributed by atoms with E-state index in [1.807, 2.05) is 0 Å². The first-order valence-corrected chi connectivity index (χ1v) is 15.2. The average molecular weight is 631 g/mol. The number of benzene rings is 2. The molecule has 0 amide bonds. The van der Waals surface area contributed by atoms with Crippen molar-refractivity contribution in [1.82, 2.24) is 0 Å². The first kappa shape index (κ1) is 36.0. The molecule has 3 rings (SSSR count). The van der Waals surface area contributed by atoms with E-state index in [9.17, 15) is 0 Å². The predicted octanol–water partition coefficient (Wildman–Crippen LogP) is 12.6. The Balaban J connectivity index is 0.000000761. The van der Waals surface area contributed by atoms with Gasteiger partial charge in [0, 0.05) is 19.5 Å². The number of rotatable bonds is 6. The third kappa shape index (κ3) is 10.8. The fraction of sp³-hybridized carbons (Fsp3) is 0.541. The molecule has 3 heteroatoms. The van der Waals surface area contributed by atoms with Crippen LogP contribution >= 0.6 is 0 Å². The summed E-state index contributed by atoms with van der Waals surface area (Å²) in [5.41, 5.74) is 7.22. The van der Waals surface area contributed by atoms with Gasteiger partial charge in [-0.25, -0.2) is 0 Å². The molecule has 0 heterocycles. The Kier molecular flexibility index (Phi) is 15.4. The van der Waals surface area contributed by atoms with Crippen molar-refractivity contribution >= 4 is 17.2 Å². The second-order valence-corrected chi connectivity index (χ2v) is 13.1. The zero-order chi connectivity index (χ0) is 29.2. The van der Waals surface area contributed by atoms with Crippen molar-refractivity contribution in [1.29, 1.82) is 0 Å². The van der Waals surface area contributed by atoms with Gasteiger partial charge < -0.3 is 10.3 Å². The fourth-order valence-electron chi connectivity index (χ4n) is 4.71. The van der Waals surface area contributed by atoms with Crippen molar-refractivity contribution in [3.05, 3.63) is 88.3 Å². The number of hydrogen-bond donors (Lipinski definition) is 0. The molecule has 0 saturated carbocycles. The number of para-hydroxylation sites is 2. The molecule has 40 heavy (non-hydrogen) atoms. The van der Waals surface area contributed by atoms with E-state index in [-0.39, 0.29) is 24.9 Å². The molecule has 2 aromatic carbocycles. The topological polar surface area (TPSA) is 26.5 Å². The van der Waals surface area contributed by atoms with Crippen molar-refractivity contribution in [2.45, 2.75) is 126 Å². The number of allylic oxidation sites excluding steroid dienone is 4. The van der Waals surface area contributed by atoms with Crippen LogP contribution in [0.4, 0.5) is 11.4 Å². The Bertz CT molecular complexity index is 1050. The Morgan fingerprint density at radius 3 is 1.23 bits per heavy atom. The van der Waals surface area contributed by atoms with Gasteiger partial charge >= 0.3 is 0 Å². The molecule has 0 bridgehead atoms. The molecule has 0 atom stereocenters. The van der Waals surface area contributed by atoms with Gasteiger partial charge in [-0.1, -0.05) is 143 Å². The molecule has 0 unspecified atom stereocenters. The Labute approximate surface area is 260 Å². The van der Waals surface area contributed by atoms with E-state index in [2.05, 4.69) is 137 Å². The van der Waals surface area contributed by atoms with Gasteiger partial charge in [0.1, 0.15) is 0 Å². The normalized spacial score (nSPS) is 15.7. The van der Waals surface area contributed by atoms with E-state index in [0.29, 0.717) is 23.7 Å². The molecule has 223 valence electrons. The van der Waals surface area contributed by atoms with Crippen LogP contribution in [0.2, 0.25) is 0 Å². The molecule has 0 aliphatic heterocycles. The van der Waals surface area contributed by atoms with E-state index in [4.69, 9.17) is 10.3 Å². The Hall–Kier alpha value is -1.99. The van der Waals surface area contributed by atoms with Crippen LogP contribution in [-0.2, 0) is 19.5 Å². The monoisotopic (exact) mass is 630 g/mol. The number of hydrogen-bond acceptors (Lipinski definition) is 1.